The molecular formula is C18H23NOS. The van der Waals surface area contributed by atoms with Crippen LogP contribution in [0.15, 0.2) is 59.5 Å². The Balaban J connectivity index is 1.62. The number of thioether (sulfide) groups is 1. The fourth-order valence-corrected chi connectivity index (χ4v) is 2.75. The zero-order valence-corrected chi connectivity index (χ0v) is 13.4. The summed E-state index contributed by atoms with van der Waals surface area (Å²) in [6.45, 7) is 4.82. The van der Waals surface area contributed by atoms with E-state index in [0.29, 0.717) is 0 Å². The Morgan fingerprint density at radius 2 is 1.76 bits per heavy atom. The molecule has 112 valence electrons. The van der Waals surface area contributed by atoms with Crippen LogP contribution in [-0.2, 0) is 6.54 Å². The first-order valence-electron chi connectivity index (χ1n) is 7.49. The Bertz CT molecular complexity index is 498. The molecule has 0 bridgehead atoms. The van der Waals surface area contributed by atoms with Crippen LogP contribution in [0.1, 0.15) is 18.9 Å². The zero-order chi connectivity index (χ0) is 14.8. The van der Waals surface area contributed by atoms with E-state index in [1.807, 2.05) is 23.9 Å². The monoisotopic (exact) mass is 301 g/mol. The van der Waals surface area contributed by atoms with Crippen molar-refractivity contribution in [2.24, 2.45) is 0 Å². The molecule has 0 aliphatic heterocycles. The lowest BCUT2D eigenvalue weighted by molar-refractivity contribution is 0.317. The van der Waals surface area contributed by atoms with Crippen molar-refractivity contribution < 1.29 is 4.74 Å². The van der Waals surface area contributed by atoms with E-state index in [1.54, 1.807) is 0 Å². The van der Waals surface area contributed by atoms with Crippen LogP contribution in [0.2, 0.25) is 0 Å². The van der Waals surface area contributed by atoms with E-state index in [-0.39, 0.29) is 0 Å². The van der Waals surface area contributed by atoms with Crippen LogP contribution in [0.25, 0.3) is 0 Å². The van der Waals surface area contributed by atoms with Crippen LogP contribution >= 0.6 is 11.8 Å². The molecular weight excluding hydrogens is 278 g/mol. The van der Waals surface area contributed by atoms with Crippen LogP contribution < -0.4 is 10.1 Å². The molecule has 0 aliphatic rings. The maximum atomic E-state index is 5.58. The van der Waals surface area contributed by atoms with Gasteiger partial charge in [0.1, 0.15) is 5.75 Å². The number of rotatable bonds is 9. The van der Waals surface area contributed by atoms with Gasteiger partial charge >= 0.3 is 0 Å². The van der Waals surface area contributed by atoms with Gasteiger partial charge in [-0.25, -0.2) is 0 Å². The largest absolute Gasteiger partial charge is 0.494 e. The molecule has 21 heavy (non-hydrogen) atoms. The fraction of sp³-hybridized carbons (Fsp3) is 0.333. The average Bonchev–Trinajstić information content (AvgIpc) is 2.55. The predicted octanol–water partition coefficient (Wildman–Crippen LogP) is 4.36. The van der Waals surface area contributed by atoms with Gasteiger partial charge in [-0.2, -0.15) is 0 Å². The van der Waals surface area contributed by atoms with Crippen molar-refractivity contribution >= 4 is 11.8 Å². The second-order valence-electron chi connectivity index (χ2n) is 4.83. The zero-order valence-electron chi connectivity index (χ0n) is 12.5. The van der Waals surface area contributed by atoms with Gasteiger partial charge in [0, 0.05) is 23.7 Å². The normalized spacial score (nSPS) is 10.5. The molecule has 0 atom stereocenters. The molecule has 0 fully saturated rings. The quantitative estimate of drug-likeness (QED) is 0.549. The van der Waals surface area contributed by atoms with Gasteiger partial charge in [-0.15, -0.1) is 11.8 Å². The highest BCUT2D eigenvalue weighted by molar-refractivity contribution is 7.99. The maximum absolute atomic E-state index is 5.58. The van der Waals surface area contributed by atoms with E-state index in [0.717, 1.165) is 37.6 Å². The third kappa shape index (κ3) is 6.23. The van der Waals surface area contributed by atoms with Crippen molar-refractivity contribution in [3.05, 3.63) is 60.2 Å². The molecule has 0 unspecified atom stereocenters. The molecule has 2 aromatic carbocycles. The summed E-state index contributed by atoms with van der Waals surface area (Å²) in [6.07, 6.45) is 1.04. The van der Waals surface area contributed by atoms with Crippen molar-refractivity contribution in [1.82, 2.24) is 5.32 Å². The molecule has 0 saturated carbocycles. The summed E-state index contributed by atoms with van der Waals surface area (Å²) in [6, 6.07) is 18.9. The summed E-state index contributed by atoms with van der Waals surface area (Å²) < 4.78 is 5.58. The summed E-state index contributed by atoms with van der Waals surface area (Å²) in [7, 11) is 0. The summed E-state index contributed by atoms with van der Waals surface area (Å²) >= 11 is 1.88. The Morgan fingerprint density at radius 1 is 1.00 bits per heavy atom. The van der Waals surface area contributed by atoms with Gasteiger partial charge in [0.2, 0.25) is 0 Å². The molecule has 1 N–H and O–H groups in total. The lowest BCUT2D eigenvalue weighted by atomic mass is 10.2. The van der Waals surface area contributed by atoms with E-state index >= 15 is 0 Å². The van der Waals surface area contributed by atoms with Crippen LogP contribution in [0, 0.1) is 0 Å². The Labute approximate surface area is 131 Å². The van der Waals surface area contributed by atoms with Crippen molar-refractivity contribution in [3.8, 4) is 5.75 Å². The van der Waals surface area contributed by atoms with Crippen LogP contribution in [-0.4, -0.2) is 18.9 Å². The molecule has 0 aromatic heterocycles. The number of ether oxygens (including phenoxy) is 1. The van der Waals surface area contributed by atoms with Gasteiger partial charge in [0.25, 0.3) is 0 Å². The van der Waals surface area contributed by atoms with E-state index < -0.39 is 0 Å². The number of benzene rings is 2. The molecule has 2 nitrogen and oxygen atoms in total. The lowest BCUT2D eigenvalue weighted by Gasteiger charge is -2.07. The van der Waals surface area contributed by atoms with Crippen molar-refractivity contribution in [2.75, 3.05) is 18.9 Å². The Morgan fingerprint density at radius 3 is 2.48 bits per heavy atom. The first-order chi connectivity index (χ1) is 10.4. The summed E-state index contributed by atoms with van der Waals surface area (Å²) in [4.78, 5) is 1.33. The van der Waals surface area contributed by atoms with E-state index in [1.165, 1.54) is 10.5 Å². The van der Waals surface area contributed by atoms with Crippen LogP contribution in [0.5, 0.6) is 5.75 Å². The first kappa shape index (κ1) is 15.9. The highest BCUT2D eigenvalue weighted by Crippen LogP contribution is 2.16. The van der Waals surface area contributed by atoms with E-state index in [4.69, 9.17) is 4.74 Å². The minimum Gasteiger partial charge on any atom is -0.494 e. The fourth-order valence-electron chi connectivity index (χ4n) is 1.91. The molecule has 0 amide bonds. The lowest BCUT2D eigenvalue weighted by Crippen LogP contribution is -2.16. The molecule has 0 saturated heterocycles. The van der Waals surface area contributed by atoms with Gasteiger partial charge < -0.3 is 10.1 Å². The van der Waals surface area contributed by atoms with Crippen molar-refractivity contribution in [1.29, 1.82) is 0 Å². The minimum absolute atomic E-state index is 0.786. The number of hydrogen-bond acceptors (Lipinski definition) is 3. The second kappa shape index (κ2) is 9.48. The topological polar surface area (TPSA) is 21.3 Å². The standard InChI is InChI=1S/C18H23NOS/c1-2-13-20-17-10-8-16(9-11-17)15-19-12-14-21-18-6-4-3-5-7-18/h3-11,19H,2,12-15H2,1H3. The van der Waals surface area contributed by atoms with Crippen LogP contribution in [0.4, 0.5) is 0 Å². The molecule has 2 aromatic rings. The SMILES string of the molecule is CCCOc1ccc(CNCCSc2ccccc2)cc1. The Kier molecular flexibility index (Phi) is 7.19. The van der Waals surface area contributed by atoms with Crippen LogP contribution in [0.3, 0.4) is 0 Å². The highest BCUT2D eigenvalue weighted by Gasteiger charge is 1.96. The first-order valence-corrected chi connectivity index (χ1v) is 8.47. The van der Waals surface area contributed by atoms with Gasteiger partial charge in [0.05, 0.1) is 6.61 Å². The summed E-state index contributed by atoms with van der Waals surface area (Å²) in [5.74, 6) is 2.04. The summed E-state index contributed by atoms with van der Waals surface area (Å²) in [5.41, 5.74) is 1.29. The van der Waals surface area contributed by atoms with Gasteiger partial charge in [-0.3, -0.25) is 0 Å². The average molecular weight is 301 g/mol. The number of nitrogens with one attached hydrogen (secondary N) is 1. The van der Waals surface area contributed by atoms with E-state index in [2.05, 4.69) is 54.7 Å². The second-order valence-corrected chi connectivity index (χ2v) is 6.00. The highest BCUT2D eigenvalue weighted by atomic mass is 32.2. The van der Waals surface area contributed by atoms with Gasteiger partial charge in [0.15, 0.2) is 0 Å². The molecule has 0 aliphatic carbocycles. The molecule has 0 heterocycles. The summed E-state index contributed by atoms with van der Waals surface area (Å²) in [5, 5.41) is 3.47. The predicted molar refractivity (Wildman–Crippen MR) is 91.1 cm³/mol. The van der Waals surface area contributed by atoms with E-state index in [9.17, 15) is 0 Å². The van der Waals surface area contributed by atoms with Gasteiger partial charge in [-0.1, -0.05) is 37.3 Å². The smallest absolute Gasteiger partial charge is 0.119 e. The molecule has 2 rings (SSSR count). The van der Waals surface area contributed by atoms with Crippen molar-refractivity contribution in [2.45, 2.75) is 24.8 Å². The number of hydrogen-bond donors (Lipinski definition) is 1. The van der Waals surface area contributed by atoms with Crippen molar-refractivity contribution in [3.63, 3.8) is 0 Å². The van der Waals surface area contributed by atoms with Gasteiger partial charge in [-0.05, 0) is 36.2 Å². The molecule has 0 spiro atoms. The third-order valence-corrected chi connectivity index (χ3v) is 4.03. The molecule has 3 heteroatoms. The third-order valence-electron chi connectivity index (χ3n) is 3.02. The maximum Gasteiger partial charge on any atom is 0.119 e. The Hall–Kier alpha value is -1.45. The minimum atomic E-state index is 0.786. The molecule has 0 radical (unpaired) electrons.